The molecule has 18 heavy (non-hydrogen) atoms. The van der Waals surface area contributed by atoms with Gasteiger partial charge in [0.1, 0.15) is 6.20 Å². The summed E-state index contributed by atoms with van der Waals surface area (Å²) in [6, 6.07) is 0. The molecule has 0 radical (unpaired) electrons. The Hall–Kier alpha value is -2.38. The van der Waals surface area contributed by atoms with Crippen molar-refractivity contribution in [1.82, 2.24) is 19.6 Å². The van der Waals surface area contributed by atoms with Crippen molar-refractivity contribution >= 4 is 11.5 Å². The summed E-state index contributed by atoms with van der Waals surface area (Å²) in [7, 11) is 3.50. The Morgan fingerprint density at radius 1 is 1.39 bits per heavy atom. The molecule has 0 aliphatic rings. The van der Waals surface area contributed by atoms with E-state index in [0.29, 0.717) is 12.4 Å². The second-order valence-electron chi connectivity index (χ2n) is 3.99. The molecule has 0 unspecified atom stereocenters. The first-order valence-corrected chi connectivity index (χ1v) is 5.45. The van der Waals surface area contributed by atoms with Gasteiger partial charge in [0.15, 0.2) is 0 Å². The number of nitrogens with one attached hydrogen (secondary N) is 1. The van der Waals surface area contributed by atoms with E-state index in [9.17, 15) is 10.1 Å². The molecule has 0 saturated carbocycles. The van der Waals surface area contributed by atoms with Crippen LogP contribution in [0, 0.1) is 10.1 Å². The highest BCUT2D eigenvalue weighted by Crippen LogP contribution is 2.21. The molecule has 0 saturated heterocycles. The second kappa shape index (κ2) is 4.86. The van der Waals surface area contributed by atoms with Gasteiger partial charge in [-0.2, -0.15) is 5.10 Å². The summed E-state index contributed by atoms with van der Waals surface area (Å²) in [6.07, 6.45) is 5.80. The third-order valence-electron chi connectivity index (χ3n) is 2.47. The molecule has 2 aromatic rings. The maximum atomic E-state index is 10.8. The number of aryl methyl sites for hydroxylation is 2. The van der Waals surface area contributed by atoms with Crippen molar-refractivity contribution in [2.45, 2.75) is 6.42 Å². The van der Waals surface area contributed by atoms with Crippen molar-refractivity contribution in [2.24, 2.45) is 14.1 Å². The zero-order valence-electron chi connectivity index (χ0n) is 10.2. The molecule has 0 aliphatic heterocycles. The molecule has 8 nitrogen and oxygen atoms in total. The molecule has 0 aromatic carbocycles. The topological polar surface area (TPSA) is 90.8 Å². The van der Waals surface area contributed by atoms with Gasteiger partial charge in [0.05, 0.1) is 11.1 Å². The summed E-state index contributed by atoms with van der Waals surface area (Å²) < 4.78 is 3.14. The largest absolute Gasteiger partial charge is 0.363 e. The van der Waals surface area contributed by atoms with Gasteiger partial charge in [0.2, 0.25) is 5.82 Å². The maximum absolute atomic E-state index is 10.8. The first-order valence-electron chi connectivity index (χ1n) is 5.45. The van der Waals surface area contributed by atoms with Crippen molar-refractivity contribution in [1.29, 1.82) is 0 Å². The molecular formula is C10H14N6O2. The van der Waals surface area contributed by atoms with E-state index in [2.05, 4.69) is 15.5 Å². The Morgan fingerprint density at radius 3 is 2.78 bits per heavy atom. The molecule has 2 aromatic heterocycles. The highest BCUT2D eigenvalue weighted by atomic mass is 16.6. The van der Waals surface area contributed by atoms with Gasteiger partial charge < -0.3 is 5.32 Å². The minimum Gasteiger partial charge on any atom is -0.363 e. The van der Waals surface area contributed by atoms with Crippen molar-refractivity contribution in [3.05, 3.63) is 34.3 Å². The lowest BCUT2D eigenvalue weighted by molar-refractivity contribution is -0.384. The number of rotatable bonds is 5. The number of anilines is 1. The molecule has 2 heterocycles. The zero-order valence-corrected chi connectivity index (χ0v) is 10.2. The molecule has 0 fully saturated rings. The Morgan fingerprint density at radius 2 is 2.17 bits per heavy atom. The van der Waals surface area contributed by atoms with Crippen LogP contribution in [0.1, 0.15) is 5.56 Å². The minimum atomic E-state index is -0.445. The van der Waals surface area contributed by atoms with Crippen LogP contribution in [0.4, 0.5) is 11.5 Å². The summed E-state index contributed by atoms with van der Waals surface area (Å²) in [6.45, 7) is 0.573. The smallest absolute Gasteiger partial charge is 0.330 e. The van der Waals surface area contributed by atoms with Crippen molar-refractivity contribution < 1.29 is 4.92 Å². The molecule has 8 heteroatoms. The molecule has 2 rings (SSSR count). The van der Waals surface area contributed by atoms with E-state index in [4.69, 9.17) is 0 Å². The quantitative estimate of drug-likeness (QED) is 0.623. The molecule has 0 amide bonds. The van der Waals surface area contributed by atoms with E-state index in [1.54, 1.807) is 17.9 Å². The summed E-state index contributed by atoms with van der Waals surface area (Å²) in [5.74, 6) is 0.298. The van der Waals surface area contributed by atoms with Gasteiger partial charge in [0.25, 0.3) is 0 Å². The lowest BCUT2D eigenvalue weighted by Gasteiger charge is -2.00. The van der Waals surface area contributed by atoms with Crippen LogP contribution in [-0.4, -0.2) is 31.0 Å². The summed E-state index contributed by atoms with van der Waals surface area (Å²) in [5, 5.41) is 21.8. The third-order valence-corrected chi connectivity index (χ3v) is 2.47. The number of hydrogen-bond donors (Lipinski definition) is 1. The van der Waals surface area contributed by atoms with E-state index in [0.717, 1.165) is 12.0 Å². The number of hydrogen-bond acceptors (Lipinski definition) is 5. The highest BCUT2D eigenvalue weighted by molar-refractivity contribution is 5.54. The highest BCUT2D eigenvalue weighted by Gasteiger charge is 2.17. The van der Waals surface area contributed by atoms with Crippen LogP contribution in [0.25, 0.3) is 0 Å². The molecule has 0 aliphatic carbocycles. The molecule has 96 valence electrons. The molecule has 0 bridgehead atoms. The van der Waals surface area contributed by atoms with E-state index < -0.39 is 4.92 Å². The molecule has 0 spiro atoms. The lowest BCUT2D eigenvalue weighted by atomic mass is 10.2. The average Bonchev–Trinajstić information content (AvgIpc) is 2.85. The summed E-state index contributed by atoms with van der Waals surface area (Å²) >= 11 is 0. The van der Waals surface area contributed by atoms with Gasteiger partial charge in [-0.3, -0.25) is 19.5 Å². The normalized spacial score (nSPS) is 10.6. The van der Waals surface area contributed by atoms with Crippen molar-refractivity contribution in [2.75, 3.05) is 11.9 Å². The third kappa shape index (κ3) is 2.65. The predicted octanol–water partition coefficient (Wildman–Crippen LogP) is 0.716. The average molecular weight is 250 g/mol. The fourth-order valence-corrected chi connectivity index (χ4v) is 1.66. The Kier molecular flexibility index (Phi) is 3.26. The number of nitro groups is 1. The van der Waals surface area contributed by atoms with Crippen LogP contribution in [-0.2, 0) is 20.5 Å². The number of aromatic nitrogens is 4. The van der Waals surface area contributed by atoms with Gasteiger partial charge in [-0.25, -0.2) is 0 Å². The van der Waals surface area contributed by atoms with E-state index in [1.807, 2.05) is 13.2 Å². The van der Waals surface area contributed by atoms with Crippen LogP contribution in [0.3, 0.4) is 0 Å². The van der Waals surface area contributed by atoms with Gasteiger partial charge in [-0.05, 0) is 12.0 Å². The maximum Gasteiger partial charge on any atom is 0.330 e. The summed E-state index contributed by atoms with van der Waals surface area (Å²) in [5.41, 5.74) is 1.06. The van der Waals surface area contributed by atoms with Crippen molar-refractivity contribution in [3.63, 3.8) is 0 Å². The lowest BCUT2D eigenvalue weighted by Crippen LogP contribution is -2.06. The van der Waals surface area contributed by atoms with E-state index >= 15 is 0 Å². The van der Waals surface area contributed by atoms with Crippen LogP contribution >= 0.6 is 0 Å². The fraction of sp³-hybridized carbons (Fsp3) is 0.400. The fourth-order valence-electron chi connectivity index (χ4n) is 1.66. The van der Waals surface area contributed by atoms with Gasteiger partial charge in [-0.15, -0.1) is 5.10 Å². The van der Waals surface area contributed by atoms with Crippen LogP contribution in [0.15, 0.2) is 18.6 Å². The standard InChI is InChI=1S/C10H14N6O2/c1-14-6-8(5-12-14)3-4-11-10-9(16(17)18)7-15(2)13-10/h5-7H,3-4H2,1-2H3,(H,11,13). The van der Waals surface area contributed by atoms with Crippen molar-refractivity contribution in [3.8, 4) is 0 Å². The number of nitrogens with zero attached hydrogens (tertiary/aromatic N) is 5. The van der Waals surface area contributed by atoms with Crippen LogP contribution < -0.4 is 5.32 Å². The van der Waals surface area contributed by atoms with Crippen LogP contribution in [0.2, 0.25) is 0 Å². The predicted molar refractivity (Wildman–Crippen MR) is 65.3 cm³/mol. The first kappa shape index (κ1) is 12.1. The molecular weight excluding hydrogens is 236 g/mol. The van der Waals surface area contributed by atoms with Gasteiger partial charge >= 0.3 is 5.69 Å². The van der Waals surface area contributed by atoms with Gasteiger partial charge in [-0.1, -0.05) is 0 Å². The minimum absolute atomic E-state index is 0.0105. The van der Waals surface area contributed by atoms with Gasteiger partial charge in [0, 0.05) is 26.8 Å². The first-order chi connectivity index (χ1) is 8.56. The monoisotopic (exact) mass is 250 g/mol. The second-order valence-corrected chi connectivity index (χ2v) is 3.99. The Balaban J connectivity index is 1.96. The SMILES string of the molecule is Cn1cc(CCNc2nn(C)cc2[N+](=O)[O-])cn1. The molecule has 1 N–H and O–H groups in total. The zero-order chi connectivity index (χ0) is 13.1. The molecule has 0 atom stereocenters. The Bertz CT molecular complexity index is 558. The van der Waals surface area contributed by atoms with Crippen LogP contribution in [0.5, 0.6) is 0 Å². The van der Waals surface area contributed by atoms with E-state index in [-0.39, 0.29) is 5.69 Å². The van der Waals surface area contributed by atoms with E-state index in [1.165, 1.54) is 10.9 Å². The Labute approximate surface area is 103 Å². The summed E-state index contributed by atoms with van der Waals surface area (Å²) in [4.78, 5) is 10.3.